The van der Waals surface area contributed by atoms with Gasteiger partial charge >= 0.3 is 64.4 Å². The molecule has 25 heteroatoms. The average molecular weight is 1230 g/mol. The Morgan fingerprint density at radius 2 is 0.807 bits per heavy atom. The Balaban J connectivity index is 1.02. The molecule has 6 aromatic rings. The largest absolute Gasteiger partial charge is 0.493 e. The number of hydrogen-bond acceptors (Lipinski definition) is 9. The van der Waals surface area contributed by atoms with Gasteiger partial charge in [0.25, 0.3) is 0 Å². The second kappa shape index (κ2) is 26.7. The van der Waals surface area contributed by atoms with Crippen molar-refractivity contribution in [2.45, 2.75) is 152 Å². The molecule has 2 heterocycles. The SMILES string of the molecule is CCCCCc1ccc(-c2cc3ccc(OCCC(F)(F)C(F)(F)CC[Si](C)(OC)O[Si](C)(CCC(F)(F)C(F)(F)CCOc4ccc5cc(-c6ccc(CCCCC)cc6C(F)(F)F)c(=O)oc5c4)OC)cc3oc2=O)c(C(F)(F)F)c1. The molecule has 0 bridgehead atoms. The van der Waals surface area contributed by atoms with Gasteiger partial charge in [0.15, 0.2) is 0 Å². The summed E-state index contributed by atoms with van der Waals surface area (Å²) >= 11 is 0. The van der Waals surface area contributed by atoms with Crippen LogP contribution in [0.4, 0.5) is 61.5 Å². The van der Waals surface area contributed by atoms with E-state index < -0.39 is 138 Å². The molecule has 0 aliphatic heterocycles. The molecule has 0 radical (unpaired) electrons. The van der Waals surface area contributed by atoms with Gasteiger partial charge in [-0.05, 0) is 111 Å². The number of aryl methyl sites for hydroxylation is 2. The van der Waals surface area contributed by atoms with E-state index in [-0.39, 0.29) is 44.6 Å². The molecule has 6 rings (SSSR count). The zero-order valence-corrected chi connectivity index (χ0v) is 48.4. The van der Waals surface area contributed by atoms with E-state index >= 15 is 35.1 Å². The van der Waals surface area contributed by atoms with Gasteiger partial charge in [0.05, 0.1) is 48.3 Å². The van der Waals surface area contributed by atoms with Crippen molar-refractivity contribution in [3.63, 3.8) is 0 Å². The highest BCUT2D eigenvalue weighted by Crippen LogP contribution is 2.46. The summed E-state index contributed by atoms with van der Waals surface area (Å²) in [6.07, 6.45) is -10.3. The number of ether oxygens (including phenoxy) is 2. The van der Waals surface area contributed by atoms with Crippen LogP contribution in [0, 0.1) is 0 Å². The monoisotopic (exact) mass is 1230 g/mol. The molecule has 456 valence electrons. The van der Waals surface area contributed by atoms with Gasteiger partial charge in [-0.2, -0.15) is 61.5 Å². The van der Waals surface area contributed by atoms with E-state index in [1.165, 1.54) is 73.8 Å². The summed E-state index contributed by atoms with van der Waals surface area (Å²) in [5, 5.41) is 0.284. The molecule has 0 saturated carbocycles. The van der Waals surface area contributed by atoms with Gasteiger partial charge in [-0.15, -0.1) is 0 Å². The Morgan fingerprint density at radius 1 is 0.446 bits per heavy atom. The van der Waals surface area contributed by atoms with Gasteiger partial charge in [-0.3, -0.25) is 0 Å². The second-order valence-electron chi connectivity index (χ2n) is 20.8. The summed E-state index contributed by atoms with van der Waals surface area (Å²) in [5.74, 6) is -19.3. The molecule has 0 aliphatic carbocycles. The van der Waals surface area contributed by atoms with Gasteiger partial charge in [-0.1, -0.05) is 63.8 Å². The highest BCUT2D eigenvalue weighted by Gasteiger charge is 2.59. The Labute approximate surface area is 471 Å². The maximum Gasteiger partial charge on any atom is 0.417 e. The third kappa shape index (κ3) is 16.8. The third-order valence-corrected chi connectivity index (χ3v) is 21.9. The lowest BCUT2D eigenvalue weighted by Gasteiger charge is -2.37. The number of hydrogen-bond donors (Lipinski definition) is 0. The Morgan fingerprint density at radius 3 is 1.14 bits per heavy atom. The van der Waals surface area contributed by atoms with Gasteiger partial charge in [0, 0.05) is 61.1 Å². The maximum atomic E-state index is 15.4. The van der Waals surface area contributed by atoms with Crippen LogP contribution in [-0.4, -0.2) is 68.2 Å². The van der Waals surface area contributed by atoms with E-state index in [9.17, 15) is 35.9 Å². The van der Waals surface area contributed by atoms with E-state index in [0.717, 1.165) is 64.2 Å². The van der Waals surface area contributed by atoms with Crippen molar-refractivity contribution in [1.29, 1.82) is 0 Å². The summed E-state index contributed by atoms with van der Waals surface area (Å²) in [6, 6.07) is 15.2. The first-order valence-electron chi connectivity index (χ1n) is 26.8. The highest BCUT2D eigenvalue weighted by atomic mass is 28.5. The van der Waals surface area contributed by atoms with Crippen LogP contribution < -0.4 is 20.7 Å². The van der Waals surface area contributed by atoms with Crippen LogP contribution in [0.3, 0.4) is 0 Å². The summed E-state index contributed by atoms with van der Waals surface area (Å²) in [7, 11) is -6.00. The third-order valence-electron chi connectivity index (χ3n) is 14.4. The normalized spacial score (nSPS) is 14.5. The van der Waals surface area contributed by atoms with Crippen LogP contribution in [0.5, 0.6) is 11.5 Å². The topological polar surface area (TPSA) is 107 Å². The minimum Gasteiger partial charge on any atom is -0.493 e. The number of halogens is 14. The van der Waals surface area contributed by atoms with Crippen LogP contribution in [0.15, 0.2) is 103 Å². The molecular formula is C58H64F14O9Si2. The van der Waals surface area contributed by atoms with Crippen molar-refractivity contribution < 1.29 is 92.7 Å². The lowest BCUT2D eigenvalue weighted by Crippen LogP contribution is -2.53. The fourth-order valence-corrected chi connectivity index (χ4v) is 16.4. The summed E-state index contributed by atoms with van der Waals surface area (Å²) < 4.78 is 245. The van der Waals surface area contributed by atoms with Crippen LogP contribution in [0.2, 0.25) is 25.2 Å². The molecule has 2 aromatic heterocycles. The van der Waals surface area contributed by atoms with Crippen LogP contribution in [0.25, 0.3) is 44.2 Å². The van der Waals surface area contributed by atoms with Crippen molar-refractivity contribution in [3.8, 4) is 33.8 Å². The zero-order valence-electron chi connectivity index (χ0n) is 46.4. The highest BCUT2D eigenvalue weighted by molar-refractivity contribution is 6.80. The summed E-state index contributed by atoms with van der Waals surface area (Å²) in [4.78, 5) is 26.1. The molecule has 0 aliphatic rings. The molecule has 83 heavy (non-hydrogen) atoms. The molecule has 9 nitrogen and oxygen atoms in total. The van der Waals surface area contributed by atoms with Crippen LogP contribution >= 0.6 is 0 Å². The predicted molar refractivity (Wildman–Crippen MR) is 290 cm³/mol. The lowest BCUT2D eigenvalue weighted by atomic mass is 9.95. The number of alkyl halides is 14. The summed E-state index contributed by atoms with van der Waals surface area (Å²) in [5.41, 5.74) is -5.46. The molecule has 2 unspecified atom stereocenters. The van der Waals surface area contributed by atoms with Crippen molar-refractivity contribution in [3.05, 3.63) is 128 Å². The Kier molecular flexibility index (Phi) is 21.3. The zero-order chi connectivity index (χ0) is 61.4. The minimum absolute atomic E-state index is 0.142. The van der Waals surface area contributed by atoms with E-state index in [4.69, 9.17) is 31.3 Å². The van der Waals surface area contributed by atoms with Crippen molar-refractivity contribution >= 4 is 39.1 Å². The lowest BCUT2D eigenvalue weighted by molar-refractivity contribution is -0.215. The van der Waals surface area contributed by atoms with Gasteiger partial charge < -0.3 is 31.3 Å². The van der Waals surface area contributed by atoms with E-state index in [1.807, 2.05) is 13.8 Å². The quantitative estimate of drug-likeness (QED) is 0.0189. The smallest absolute Gasteiger partial charge is 0.417 e. The number of fused-ring (bicyclic) bond motifs is 2. The van der Waals surface area contributed by atoms with E-state index in [2.05, 4.69) is 0 Å². The standard InChI is InChI=1S/C58H64F14O9Si2/c1-7-9-11-13-37-15-21-43(47(31-37)57(67,68)69)45-33-39-17-19-41(35-49(39)79-51(45)73)77-27-23-53(59,60)55(63,64)25-29-82(5,75-3)81-83(6,76-4)30-26-56(65,66)54(61,62)24-28-78-42-20-18-40-34-46(52(74)80-50(40)36-42)44-22-16-38(14-12-10-8-2)32-48(44)58(70,71)72/h15-22,31-36H,7-14,23-30H2,1-6H3. The molecule has 0 spiro atoms. The Bertz CT molecular complexity index is 3080. The van der Waals surface area contributed by atoms with Crippen LogP contribution in [-0.2, 0) is 38.2 Å². The summed E-state index contributed by atoms with van der Waals surface area (Å²) in [6.45, 7) is 4.29. The Hall–Kier alpha value is -5.77. The fourth-order valence-electron chi connectivity index (χ4n) is 9.27. The predicted octanol–water partition coefficient (Wildman–Crippen LogP) is 17.7. The first-order chi connectivity index (χ1) is 38.7. The van der Waals surface area contributed by atoms with Crippen molar-refractivity contribution in [1.82, 2.24) is 0 Å². The van der Waals surface area contributed by atoms with Gasteiger partial charge in [-0.25, -0.2) is 9.59 Å². The number of unbranched alkanes of at least 4 members (excludes halogenated alkanes) is 4. The van der Waals surface area contributed by atoms with Gasteiger partial charge in [0.1, 0.15) is 22.7 Å². The minimum atomic E-state index is -4.81. The number of rotatable bonds is 30. The maximum absolute atomic E-state index is 15.4. The molecule has 0 N–H and O–H groups in total. The first-order valence-corrected chi connectivity index (χ1v) is 31.9. The second-order valence-corrected chi connectivity index (χ2v) is 27.9. The number of benzene rings is 4. The molecular weight excluding hydrogens is 1160 g/mol. The molecule has 0 fully saturated rings. The molecule has 2 atom stereocenters. The van der Waals surface area contributed by atoms with E-state index in [0.29, 0.717) is 36.8 Å². The van der Waals surface area contributed by atoms with Crippen LogP contribution in [0.1, 0.15) is 100 Å². The van der Waals surface area contributed by atoms with Crippen molar-refractivity contribution in [2.24, 2.45) is 0 Å². The molecule has 4 aromatic carbocycles. The average Bonchev–Trinajstić information content (AvgIpc) is 3.61. The first kappa shape index (κ1) is 66.4. The van der Waals surface area contributed by atoms with Crippen molar-refractivity contribution in [2.75, 3.05) is 27.4 Å². The van der Waals surface area contributed by atoms with E-state index in [1.54, 1.807) is 0 Å². The molecule has 0 amide bonds. The van der Waals surface area contributed by atoms with Gasteiger partial charge in [0.2, 0.25) is 0 Å². The molecule has 0 saturated heterocycles. The fraction of sp³-hybridized carbons (Fsp3) is 0.483.